The summed E-state index contributed by atoms with van der Waals surface area (Å²) in [5.41, 5.74) is 1.06. The summed E-state index contributed by atoms with van der Waals surface area (Å²) >= 11 is 0. The highest BCUT2D eigenvalue weighted by Crippen LogP contribution is 2.35. The number of rotatable bonds is 5. The van der Waals surface area contributed by atoms with Gasteiger partial charge in [-0.3, -0.25) is 10.1 Å². The molecule has 1 aliphatic heterocycles. The molecule has 3 rings (SSSR count). The Labute approximate surface area is 126 Å². The summed E-state index contributed by atoms with van der Waals surface area (Å²) in [5, 5.41) is 3.53. The highest BCUT2D eigenvalue weighted by atomic mass is 16.5. The number of methoxy groups -OCH3 is 1. The summed E-state index contributed by atoms with van der Waals surface area (Å²) < 4.78 is 5.36. The molecule has 4 heteroatoms. The Bertz CT molecular complexity index is 485. The molecular weight excluding hydrogens is 264 g/mol. The van der Waals surface area contributed by atoms with E-state index in [1.807, 2.05) is 30.3 Å². The first-order valence-corrected chi connectivity index (χ1v) is 7.90. The first kappa shape index (κ1) is 14.5. The van der Waals surface area contributed by atoms with Crippen molar-refractivity contribution in [3.63, 3.8) is 0 Å². The van der Waals surface area contributed by atoms with Crippen LogP contribution in [0.3, 0.4) is 0 Å². The van der Waals surface area contributed by atoms with Crippen LogP contribution < -0.4 is 5.32 Å². The van der Waals surface area contributed by atoms with Gasteiger partial charge >= 0.3 is 0 Å². The van der Waals surface area contributed by atoms with Gasteiger partial charge in [0.2, 0.25) is 5.91 Å². The number of amides is 1. The summed E-state index contributed by atoms with van der Waals surface area (Å²) in [6.07, 6.45) is 4.49. The number of carbonyl (C=O) groups is 1. The highest BCUT2D eigenvalue weighted by molar-refractivity contribution is 5.86. The lowest BCUT2D eigenvalue weighted by Gasteiger charge is -2.42. The lowest BCUT2D eigenvalue weighted by molar-refractivity contribution is -0.137. The van der Waals surface area contributed by atoms with E-state index in [0.717, 1.165) is 31.2 Å². The van der Waals surface area contributed by atoms with Gasteiger partial charge in [-0.05, 0) is 24.8 Å². The fraction of sp³-hybridized carbons (Fsp3) is 0.588. The van der Waals surface area contributed by atoms with Crippen molar-refractivity contribution in [2.24, 2.45) is 0 Å². The van der Waals surface area contributed by atoms with Gasteiger partial charge in [-0.2, -0.15) is 0 Å². The first-order chi connectivity index (χ1) is 10.2. The van der Waals surface area contributed by atoms with E-state index in [1.165, 1.54) is 0 Å². The summed E-state index contributed by atoms with van der Waals surface area (Å²) in [6.45, 7) is 2.17. The maximum Gasteiger partial charge on any atom is 0.245 e. The second-order valence-corrected chi connectivity index (χ2v) is 6.04. The van der Waals surface area contributed by atoms with Crippen LogP contribution in [0.5, 0.6) is 0 Å². The van der Waals surface area contributed by atoms with Crippen LogP contribution in [0, 0.1) is 0 Å². The number of benzene rings is 1. The predicted octanol–water partition coefficient (Wildman–Crippen LogP) is 2.46. The Morgan fingerprint density at radius 3 is 2.62 bits per heavy atom. The molecule has 0 spiro atoms. The van der Waals surface area contributed by atoms with E-state index in [1.54, 1.807) is 7.11 Å². The van der Waals surface area contributed by atoms with E-state index in [-0.39, 0.29) is 18.1 Å². The van der Waals surface area contributed by atoms with Crippen molar-refractivity contribution in [1.29, 1.82) is 0 Å². The monoisotopic (exact) mass is 288 g/mol. The molecule has 2 atom stereocenters. The Kier molecular flexibility index (Phi) is 4.27. The Morgan fingerprint density at radius 1 is 1.29 bits per heavy atom. The Hall–Kier alpha value is -1.39. The summed E-state index contributed by atoms with van der Waals surface area (Å²) in [5.74, 6) is 0.221. The number of nitrogens with one attached hydrogen (secondary N) is 1. The van der Waals surface area contributed by atoms with E-state index < -0.39 is 0 Å². The number of hydrogen-bond acceptors (Lipinski definition) is 3. The molecule has 1 heterocycles. The minimum atomic E-state index is -0.190. The highest BCUT2D eigenvalue weighted by Gasteiger charge is 2.46. The van der Waals surface area contributed by atoms with Crippen LogP contribution in [0.15, 0.2) is 30.3 Å². The predicted molar refractivity (Wildman–Crippen MR) is 81.7 cm³/mol. The van der Waals surface area contributed by atoms with Crippen LogP contribution in [0.25, 0.3) is 0 Å². The molecule has 1 aromatic rings. The molecule has 4 nitrogen and oxygen atoms in total. The Morgan fingerprint density at radius 2 is 2.00 bits per heavy atom. The molecule has 2 unspecified atom stereocenters. The van der Waals surface area contributed by atoms with Crippen molar-refractivity contribution < 1.29 is 9.53 Å². The normalized spacial score (nSPS) is 32.3. The molecule has 0 aromatic heterocycles. The summed E-state index contributed by atoms with van der Waals surface area (Å²) in [6, 6.07) is 10.2. The van der Waals surface area contributed by atoms with Crippen molar-refractivity contribution in [2.45, 2.75) is 57.0 Å². The molecule has 21 heavy (non-hydrogen) atoms. The van der Waals surface area contributed by atoms with Crippen molar-refractivity contribution in [1.82, 2.24) is 10.2 Å². The van der Waals surface area contributed by atoms with Gasteiger partial charge in [0, 0.05) is 13.2 Å². The first-order valence-electron chi connectivity index (χ1n) is 7.90. The largest absolute Gasteiger partial charge is 0.381 e. The second kappa shape index (κ2) is 6.16. The van der Waals surface area contributed by atoms with Crippen molar-refractivity contribution in [3.8, 4) is 0 Å². The summed E-state index contributed by atoms with van der Waals surface area (Å²) in [4.78, 5) is 14.9. The van der Waals surface area contributed by atoms with Crippen molar-refractivity contribution in [3.05, 3.63) is 35.9 Å². The van der Waals surface area contributed by atoms with Crippen LogP contribution in [0.4, 0.5) is 0 Å². The third-order valence-electron chi connectivity index (χ3n) is 4.69. The molecule has 0 radical (unpaired) electrons. The molecule has 1 aliphatic carbocycles. The lowest BCUT2D eigenvalue weighted by atomic mass is 9.87. The zero-order valence-corrected chi connectivity index (χ0v) is 12.8. The zero-order chi connectivity index (χ0) is 14.8. The standard InChI is InChI=1S/C17H24N2O2/c1-3-7-15-18-16(12-8-5-4-6-9-12)17(20)19(15)13-10-14(11-13)21-2/h4-6,8-9,13-16,18H,3,7,10-11H2,1-2H3. The van der Waals surface area contributed by atoms with Gasteiger partial charge in [0.15, 0.2) is 0 Å². The quantitative estimate of drug-likeness (QED) is 0.905. The van der Waals surface area contributed by atoms with Gasteiger partial charge in [-0.15, -0.1) is 0 Å². The van der Waals surface area contributed by atoms with Gasteiger partial charge in [-0.1, -0.05) is 43.7 Å². The van der Waals surface area contributed by atoms with E-state index >= 15 is 0 Å². The van der Waals surface area contributed by atoms with Gasteiger partial charge < -0.3 is 9.64 Å². The van der Waals surface area contributed by atoms with Gasteiger partial charge in [0.25, 0.3) is 0 Å². The van der Waals surface area contributed by atoms with E-state index in [2.05, 4.69) is 17.1 Å². The smallest absolute Gasteiger partial charge is 0.245 e. The SMILES string of the molecule is CCCC1NC(c2ccccc2)C(=O)N1C1CC(OC)C1. The molecule has 2 fully saturated rings. The molecule has 1 saturated carbocycles. The average Bonchev–Trinajstić information content (AvgIpc) is 2.77. The average molecular weight is 288 g/mol. The van der Waals surface area contributed by atoms with E-state index in [4.69, 9.17) is 4.74 Å². The van der Waals surface area contributed by atoms with Crippen LogP contribution in [0.1, 0.15) is 44.2 Å². The second-order valence-electron chi connectivity index (χ2n) is 6.04. The molecule has 1 saturated heterocycles. The molecule has 1 amide bonds. The molecule has 114 valence electrons. The fourth-order valence-corrected chi connectivity index (χ4v) is 3.42. The number of ether oxygens (including phenoxy) is 1. The third kappa shape index (κ3) is 2.70. The molecule has 2 aliphatic rings. The number of nitrogens with zero attached hydrogens (tertiary/aromatic N) is 1. The maximum absolute atomic E-state index is 12.8. The maximum atomic E-state index is 12.8. The minimum absolute atomic E-state index is 0.163. The van der Waals surface area contributed by atoms with Crippen LogP contribution in [-0.2, 0) is 9.53 Å². The van der Waals surface area contributed by atoms with Crippen molar-refractivity contribution in [2.75, 3.05) is 7.11 Å². The van der Waals surface area contributed by atoms with Gasteiger partial charge in [0.1, 0.15) is 6.04 Å². The van der Waals surface area contributed by atoms with Crippen LogP contribution in [-0.4, -0.2) is 36.2 Å². The lowest BCUT2D eigenvalue weighted by Crippen LogP contribution is -2.52. The number of carbonyl (C=O) groups excluding carboxylic acids is 1. The fourth-order valence-electron chi connectivity index (χ4n) is 3.42. The van der Waals surface area contributed by atoms with Crippen LogP contribution >= 0.6 is 0 Å². The number of hydrogen-bond donors (Lipinski definition) is 1. The molecule has 1 aromatic carbocycles. The van der Waals surface area contributed by atoms with Gasteiger partial charge in [0.05, 0.1) is 12.3 Å². The minimum Gasteiger partial charge on any atom is -0.381 e. The van der Waals surface area contributed by atoms with E-state index in [9.17, 15) is 4.79 Å². The zero-order valence-electron chi connectivity index (χ0n) is 12.8. The molecule has 1 N–H and O–H groups in total. The van der Waals surface area contributed by atoms with Crippen molar-refractivity contribution >= 4 is 5.91 Å². The van der Waals surface area contributed by atoms with Gasteiger partial charge in [-0.25, -0.2) is 0 Å². The molecule has 0 bridgehead atoms. The van der Waals surface area contributed by atoms with Crippen LogP contribution in [0.2, 0.25) is 0 Å². The topological polar surface area (TPSA) is 41.6 Å². The third-order valence-corrected chi connectivity index (χ3v) is 4.69. The summed E-state index contributed by atoms with van der Waals surface area (Å²) in [7, 11) is 1.75. The van der Waals surface area contributed by atoms with E-state index in [0.29, 0.717) is 12.1 Å². The Balaban J connectivity index is 1.76. The molecular formula is C17H24N2O2.